The molecule has 1 aliphatic rings. The largest absolute Gasteiger partial charge is 0.514 e. The number of non-ortho nitro benzene ring substituents is 1. The van der Waals surface area contributed by atoms with Crippen LogP contribution in [0.25, 0.3) is 0 Å². The molecule has 0 fully saturated rings. The third-order valence-corrected chi connectivity index (χ3v) is 4.71. The number of hydrogen-bond donors (Lipinski definition) is 0. The van der Waals surface area contributed by atoms with Gasteiger partial charge in [-0.25, -0.2) is 4.79 Å². The average molecular weight is 412 g/mol. The highest BCUT2D eigenvalue weighted by Crippen LogP contribution is 2.26. The van der Waals surface area contributed by atoms with Gasteiger partial charge in [-0.2, -0.15) is 5.10 Å². The van der Waals surface area contributed by atoms with Crippen LogP contribution in [0.3, 0.4) is 0 Å². The predicted octanol–water partition coefficient (Wildman–Crippen LogP) is 4.03. The number of ether oxygens (including phenoxy) is 2. The summed E-state index contributed by atoms with van der Waals surface area (Å²) in [5, 5.41) is 17.3. The van der Waals surface area contributed by atoms with Crippen LogP contribution in [-0.2, 0) is 4.74 Å². The number of rotatable bonds is 6. The highest BCUT2D eigenvalue weighted by molar-refractivity contribution is 6.01. The Labute approximate surface area is 174 Å². The number of nitro benzene ring substituents is 1. The maximum atomic E-state index is 12.3. The number of hydrazone groups is 1. The summed E-state index contributed by atoms with van der Waals surface area (Å²) < 4.78 is 10.8. The van der Waals surface area contributed by atoms with Gasteiger partial charge in [-0.15, -0.1) is 0 Å². The van der Waals surface area contributed by atoms with Gasteiger partial charge in [0.1, 0.15) is 11.9 Å². The molecule has 9 nitrogen and oxygen atoms in total. The molecule has 0 saturated heterocycles. The highest BCUT2D eigenvalue weighted by Gasteiger charge is 2.32. The van der Waals surface area contributed by atoms with Crippen molar-refractivity contribution >= 4 is 17.6 Å². The molecule has 2 aromatic rings. The molecule has 30 heavy (non-hydrogen) atoms. The van der Waals surface area contributed by atoms with E-state index in [0.29, 0.717) is 6.54 Å². The van der Waals surface area contributed by atoms with Crippen molar-refractivity contribution in [3.63, 3.8) is 0 Å². The van der Waals surface area contributed by atoms with Crippen LogP contribution in [0.1, 0.15) is 32.8 Å². The molecule has 1 aliphatic heterocycles. The average Bonchev–Trinajstić information content (AvgIpc) is 3.16. The van der Waals surface area contributed by atoms with Gasteiger partial charge in [0.15, 0.2) is 0 Å². The molecule has 3 rings (SSSR count). The van der Waals surface area contributed by atoms with Gasteiger partial charge in [0.2, 0.25) is 0 Å². The molecule has 0 saturated carbocycles. The van der Waals surface area contributed by atoms with Crippen LogP contribution in [0.15, 0.2) is 53.9 Å². The van der Waals surface area contributed by atoms with Crippen LogP contribution in [0, 0.1) is 15.5 Å². The van der Waals surface area contributed by atoms with Crippen LogP contribution in [0.5, 0.6) is 5.75 Å². The first-order chi connectivity index (χ1) is 14.2. The van der Waals surface area contributed by atoms with Gasteiger partial charge in [-0.05, 0) is 24.3 Å². The van der Waals surface area contributed by atoms with Crippen LogP contribution in [0.2, 0.25) is 0 Å². The fraction of sp³-hybridized carbons (Fsp3) is 0.381. The monoisotopic (exact) mass is 412 g/mol. The van der Waals surface area contributed by atoms with E-state index in [9.17, 15) is 14.9 Å². The molecule has 1 aromatic heterocycles. The van der Waals surface area contributed by atoms with Gasteiger partial charge in [-0.1, -0.05) is 20.8 Å². The van der Waals surface area contributed by atoms with Crippen molar-refractivity contribution in [1.82, 2.24) is 9.99 Å². The molecule has 1 aromatic carbocycles. The van der Waals surface area contributed by atoms with E-state index in [1.807, 2.05) is 37.9 Å². The third kappa shape index (κ3) is 5.53. The molecular weight excluding hydrogens is 388 g/mol. The fourth-order valence-electron chi connectivity index (χ4n) is 2.94. The van der Waals surface area contributed by atoms with Crippen LogP contribution in [-0.4, -0.2) is 46.0 Å². The smallest absolute Gasteiger partial charge is 0.428 e. The summed E-state index contributed by atoms with van der Waals surface area (Å²) in [6.45, 7) is 7.07. The lowest BCUT2D eigenvalue weighted by molar-refractivity contribution is -0.384. The molecule has 0 unspecified atom stereocenters. The summed E-state index contributed by atoms with van der Waals surface area (Å²) in [5.74, 6) is 0.178. The Kier molecular flexibility index (Phi) is 6.29. The molecule has 0 N–H and O–H groups in total. The first-order valence-electron chi connectivity index (χ1n) is 9.58. The zero-order valence-corrected chi connectivity index (χ0v) is 17.1. The Balaban J connectivity index is 1.63. The summed E-state index contributed by atoms with van der Waals surface area (Å²) >= 11 is 0. The number of hydrogen-bond acceptors (Lipinski definition) is 8. The van der Waals surface area contributed by atoms with Crippen molar-refractivity contribution in [2.75, 3.05) is 13.1 Å². The second-order valence-electron chi connectivity index (χ2n) is 8.02. The summed E-state index contributed by atoms with van der Waals surface area (Å²) in [4.78, 5) is 26.5. The second-order valence-corrected chi connectivity index (χ2v) is 8.02. The van der Waals surface area contributed by atoms with Gasteiger partial charge in [0.05, 0.1) is 17.2 Å². The van der Waals surface area contributed by atoms with Crippen molar-refractivity contribution in [2.45, 2.75) is 33.3 Å². The Bertz CT molecular complexity index is 923. The lowest BCUT2D eigenvalue weighted by Gasteiger charge is -2.32. The Morgan fingerprint density at radius 2 is 1.87 bits per heavy atom. The highest BCUT2D eigenvalue weighted by atomic mass is 16.7. The Hall–Kier alpha value is -3.49. The molecule has 9 heteroatoms. The van der Waals surface area contributed by atoms with E-state index in [2.05, 4.69) is 10.1 Å². The number of aromatic nitrogens is 1. The standard InChI is InChI=1S/C21H24N4O5/c1-21(2,3)19(14-24-13-10-18(23-24)15-8-11-22-12-9-15)30-20(26)29-17-6-4-16(5-7-17)25(27)28/h4-9,11-12,19H,10,13-14H2,1-3H3/t19-/m1/s1. The fourth-order valence-corrected chi connectivity index (χ4v) is 2.94. The molecule has 0 radical (unpaired) electrons. The number of carbonyl (C=O) groups excluding carboxylic acids is 1. The van der Waals surface area contributed by atoms with E-state index in [4.69, 9.17) is 9.47 Å². The lowest BCUT2D eigenvalue weighted by Crippen LogP contribution is -2.40. The van der Waals surface area contributed by atoms with Gasteiger partial charge in [0.25, 0.3) is 5.69 Å². The maximum Gasteiger partial charge on any atom is 0.514 e. The van der Waals surface area contributed by atoms with E-state index in [0.717, 1.165) is 24.2 Å². The Morgan fingerprint density at radius 3 is 2.47 bits per heavy atom. The predicted molar refractivity (Wildman–Crippen MR) is 110 cm³/mol. The second kappa shape index (κ2) is 8.89. The molecule has 0 spiro atoms. The Morgan fingerprint density at radius 1 is 1.20 bits per heavy atom. The molecule has 1 atom stereocenters. The van der Waals surface area contributed by atoms with Crippen LogP contribution < -0.4 is 4.74 Å². The normalized spacial score (nSPS) is 14.8. The van der Waals surface area contributed by atoms with E-state index in [1.165, 1.54) is 24.3 Å². The summed E-state index contributed by atoms with van der Waals surface area (Å²) in [6, 6.07) is 9.09. The molecule has 158 valence electrons. The van der Waals surface area contributed by atoms with E-state index >= 15 is 0 Å². The van der Waals surface area contributed by atoms with Crippen molar-refractivity contribution in [3.05, 3.63) is 64.5 Å². The SMILES string of the molecule is CC(C)(C)[C@@H](CN1CCC(c2ccncc2)=N1)OC(=O)Oc1ccc([N+](=O)[O-])cc1. The number of carbonyl (C=O) groups is 1. The summed E-state index contributed by atoms with van der Waals surface area (Å²) in [6.07, 6.45) is 2.93. The lowest BCUT2D eigenvalue weighted by atomic mass is 9.89. The maximum absolute atomic E-state index is 12.3. The van der Waals surface area contributed by atoms with E-state index < -0.39 is 17.2 Å². The number of benzene rings is 1. The minimum atomic E-state index is -0.860. The summed E-state index contributed by atoms with van der Waals surface area (Å²) in [5.41, 5.74) is 1.57. The van der Waals surface area contributed by atoms with Gasteiger partial charge < -0.3 is 9.47 Å². The van der Waals surface area contributed by atoms with Crippen LogP contribution >= 0.6 is 0 Å². The molecule has 0 amide bonds. The zero-order chi connectivity index (χ0) is 21.7. The minimum Gasteiger partial charge on any atom is -0.428 e. The molecule has 0 bridgehead atoms. The van der Waals surface area contributed by atoms with E-state index in [-0.39, 0.29) is 16.9 Å². The van der Waals surface area contributed by atoms with Crippen LogP contribution in [0.4, 0.5) is 10.5 Å². The molecule has 2 heterocycles. The molecular formula is C21H24N4O5. The quantitative estimate of drug-likeness (QED) is 0.305. The minimum absolute atomic E-state index is 0.0832. The first-order valence-corrected chi connectivity index (χ1v) is 9.58. The van der Waals surface area contributed by atoms with Crippen molar-refractivity contribution < 1.29 is 19.2 Å². The van der Waals surface area contributed by atoms with Gasteiger partial charge >= 0.3 is 6.16 Å². The van der Waals surface area contributed by atoms with Crippen molar-refractivity contribution in [2.24, 2.45) is 10.5 Å². The van der Waals surface area contributed by atoms with Crippen molar-refractivity contribution in [1.29, 1.82) is 0 Å². The van der Waals surface area contributed by atoms with Gasteiger partial charge in [-0.3, -0.25) is 20.1 Å². The number of pyridine rings is 1. The topological polar surface area (TPSA) is 107 Å². The number of nitro groups is 1. The summed E-state index contributed by atoms with van der Waals surface area (Å²) in [7, 11) is 0. The molecule has 0 aliphatic carbocycles. The zero-order valence-electron chi connectivity index (χ0n) is 17.1. The third-order valence-electron chi connectivity index (χ3n) is 4.71. The van der Waals surface area contributed by atoms with Crippen molar-refractivity contribution in [3.8, 4) is 5.75 Å². The first kappa shape index (κ1) is 21.2. The number of nitrogens with zero attached hydrogens (tertiary/aromatic N) is 4. The van der Waals surface area contributed by atoms with E-state index in [1.54, 1.807) is 12.4 Å². The van der Waals surface area contributed by atoms with Gasteiger partial charge in [0, 0.05) is 48.5 Å².